The first-order valence-corrected chi connectivity index (χ1v) is 3.50. The van der Waals surface area contributed by atoms with Gasteiger partial charge in [0.25, 0.3) is 5.92 Å². The standard InChI is InChI=1S/C6H6F8O/c7-2-4(8,9)3-15-6(13,14)1-5(10,11)12/h1-3H2. The van der Waals surface area contributed by atoms with Gasteiger partial charge in [-0.05, 0) is 0 Å². The lowest BCUT2D eigenvalue weighted by atomic mass is 10.3. The molecule has 0 atom stereocenters. The highest BCUT2D eigenvalue weighted by atomic mass is 19.4. The van der Waals surface area contributed by atoms with Gasteiger partial charge in [0.05, 0.1) is 0 Å². The lowest BCUT2D eigenvalue weighted by Gasteiger charge is -2.20. The van der Waals surface area contributed by atoms with Crippen molar-refractivity contribution < 1.29 is 39.9 Å². The smallest absolute Gasteiger partial charge is 0.314 e. The van der Waals surface area contributed by atoms with Gasteiger partial charge in [-0.3, -0.25) is 0 Å². The Morgan fingerprint density at radius 1 is 0.867 bits per heavy atom. The zero-order valence-electron chi connectivity index (χ0n) is 7.05. The van der Waals surface area contributed by atoms with Crippen molar-refractivity contribution in [2.75, 3.05) is 13.3 Å². The highest BCUT2D eigenvalue weighted by Gasteiger charge is 2.46. The predicted molar refractivity (Wildman–Crippen MR) is 32.5 cm³/mol. The first kappa shape index (κ1) is 14.4. The lowest BCUT2D eigenvalue weighted by Crippen LogP contribution is -2.35. The molecule has 0 aromatic carbocycles. The van der Waals surface area contributed by atoms with E-state index in [1.165, 1.54) is 0 Å². The van der Waals surface area contributed by atoms with Crippen molar-refractivity contribution >= 4 is 0 Å². The van der Waals surface area contributed by atoms with E-state index in [1.54, 1.807) is 0 Å². The first-order chi connectivity index (χ1) is 6.47. The summed E-state index contributed by atoms with van der Waals surface area (Å²) in [5.74, 6) is -4.21. The summed E-state index contributed by atoms with van der Waals surface area (Å²) in [6, 6.07) is 0. The van der Waals surface area contributed by atoms with E-state index >= 15 is 0 Å². The Morgan fingerprint density at radius 3 is 1.67 bits per heavy atom. The number of rotatable bonds is 5. The minimum Gasteiger partial charge on any atom is -0.314 e. The molecule has 0 fully saturated rings. The number of hydrogen-bond acceptors (Lipinski definition) is 1. The van der Waals surface area contributed by atoms with E-state index in [0.29, 0.717) is 0 Å². The Morgan fingerprint density at radius 2 is 1.33 bits per heavy atom. The number of halogens is 8. The second kappa shape index (κ2) is 4.50. The molecule has 15 heavy (non-hydrogen) atoms. The van der Waals surface area contributed by atoms with Gasteiger partial charge in [0, 0.05) is 0 Å². The van der Waals surface area contributed by atoms with Gasteiger partial charge < -0.3 is 4.74 Å². The maximum absolute atomic E-state index is 12.2. The summed E-state index contributed by atoms with van der Waals surface area (Å²) in [4.78, 5) is 0. The Bertz CT molecular complexity index is 198. The van der Waals surface area contributed by atoms with E-state index in [-0.39, 0.29) is 0 Å². The van der Waals surface area contributed by atoms with Crippen LogP contribution in [0.3, 0.4) is 0 Å². The van der Waals surface area contributed by atoms with Crippen LogP contribution < -0.4 is 0 Å². The number of alkyl halides is 8. The normalized spacial score (nSPS) is 14.4. The molecule has 0 amide bonds. The summed E-state index contributed by atoms with van der Waals surface area (Å²) in [6.45, 7) is -4.39. The average molecular weight is 246 g/mol. The molecular weight excluding hydrogens is 240 g/mol. The Labute approximate surface area is 79.0 Å². The highest BCUT2D eigenvalue weighted by molar-refractivity contribution is 4.67. The van der Waals surface area contributed by atoms with E-state index in [2.05, 4.69) is 4.74 Å². The number of ether oxygens (including phenoxy) is 1. The van der Waals surface area contributed by atoms with E-state index in [4.69, 9.17) is 0 Å². The molecule has 0 saturated carbocycles. The third-order valence-electron chi connectivity index (χ3n) is 1.10. The van der Waals surface area contributed by atoms with E-state index in [9.17, 15) is 35.1 Å². The van der Waals surface area contributed by atoms with E-state index in [1.807, 2.05) is 0 Å². The van der Waals surface area contributed by atoms with Crippen LogP contribution in [0.25, 0.3) is 0 Å². The molecule has 0 unspecified atom stereocenters. The van der Waals surface area contributed by atoms with E-state index in [0.717, 1.165) is 0 Å². The number of hydrogen-bond donors (Lipinski definition) is 0. The predicted octanol–water partition coefficient (Wildman–Crippen LogP) is 3.15. The van der Waals surface area contributed by atoms with Gasteiger partial charge in [-0.2, -0.15) is 22.0 Å². The molecule has 0 N–H and O–H groups in total. The Kier molecular flexibility index (Phi) is 4.32. The summed E-state index contributed by atoms with van der Waals surface area (Å²) in [7, 11) is 0. The molecule has 1 nitrogen and oxygen atoms in total. The molecule has 0 radical (unpaired) electrons. The van der Waals surface area contributed by atoms with Gasteiger partial charge in [0.1, 0.15) is 13.0 Å². The van der Waals surface area contributed by atoms with Crippen molar-refractivity contribution in [2.45, 2.75) is 24.6 Å². The molecule has 0 spiro atoms. The van der Waals surface area contributed by atoms with Crippen molar-refractivity contribution in [1.82, 2.24) is 0 Å². The molecule has 0 aliphatic heterocycles. The van der Waals surface area contributed by atoms with Crippen LogP contribution in [0, 0.1) is 0 Å². The summed E-state index contributed by atoms with van der Waals surface area (Å²) in [6.07, 6.45) is -12.7. The molecule has 92 valence electrons. The zero-order valence-corrected chi connectivity index (χ0v) is 7.05. The van der Waals surface area contributed by atoms with Gasteiger partial charge in [-0.25, -0.2) is 13.2 Å². The van der Waals surface area contributed by atoms with Crippen molar-refractivity contribution in [1.29, 1.82) is 0 Å². The SMILES string of the molecule is FCC(F)(F)COC(F)(F)CC(F)(F)F. The van der Waals surface area contributed by atoms with Crippen LogP contribution in [0.5, 0.6) is 0 Å². The van der Waals surface area contributed by atoms with Crippen molar-refractivity contribution in [3.8, 4) is 0 Å². The average Bonchev–Trinajstić information content (AvgIpc) is 1.97. The van der Waals surface area contributed by atoms with Crippen LogP contribution in [-0.4, -0.2) is 31.5 Å². The second-order valence-electron chi connectivity index (χ2n) is 2.71. The largest absolute Gasteiger partial charge is 0.397 e. The minimum atomic E-state index is -5.26. The van der Waals surface area contributed by atoms with Gasteiger partial charge in [-0.15, -0.1) is 0 Å². The fourth-order valence-electron chi connectivity index (χ4n) is 0.534. The summed E-state index contributed by atoms with van der Waals surface area (Å²) in [5.41, 5.74) is 0. The molecule has 0 aliphatic carbocycles. The lowest BCUT2D eigenvalue weighted by molar-refractivity contribution is -0.309. The molecule has 0 aromatic rings. The monoisotopic (exact) mass is 246 g/mol. The van der Waals surface area contributed by atoms with Crippen LogP contribution in [0.4, 0.5) is 35.1 Å². The van der Waals surface area contributed by atoms with Crippen LogP contribution in [0.1, 0.15) is 6.42 Å². The highest BCUT2D eigenvalue weighted by Crippen LogP contribution is 2.33. The van der Waals surface area contributed by atoms with E-state index < -0.39 is 37.9 Å². The maximum atomic E-state index is 12.2. The molecule has 0 rings (SSSR count). The summed E-state index contributed by atoms with van der Waals surface area (Å²) in [5, 5.41) is 0. The van der Waals surface area contributed by atoms with Crippen molar-refractivity contribution in [2.24, 2.45) is 0 Å². The van der Waals surface area contributed by atoms with Gasteiger partial charge in [0.15, 0.2) is 6.67 Å². The molecule has 9 heteroatoms. The van der Waals surface area contributed by atoms with Crippen LogP contribution >= 0.6 is 0 Å². The molecule has 0 saturated heterocycles. The first-order valence-electron chi connectivity index (χ1n) is 3.50. The fraction of sp³-hybridized carbons (Fsp3) is 1.00. The zero-order chi connectivity index (χ0) is 12.3. The molecule has 0 aliphatic rings. The molecular formula is C6H6F8O. The Balaban J connectivity index is 4.16. The quantitative estimate of drug-likeness (QED) is 0.677. The van der Waals surface area contributed by atoms with Crippen LogP contribution in [0.15, 0.2) is 0 Å². The third kappa shape index (κ3) is 7.34. The van der Waals surface area contributed by atoms with Crippen molar-refractivity contribution in [3.05, 3.63) is 0 Å². The fourth-order valence-corrected chi connectivity index (χ4v) is 0.534. The minimum absolute atomic E-state index is 2.10. The van der Waals surface area contributed by atoms with Crippen LogP contribution in [0.2, 0.25) is 0 Å². The molecule has 0 aromatic heterocycles. The van der Waals surface area contributed by atoms with Gasteiger partial charge >= 0.3 is 12.3 Å². The maximum Gasteiger partial charge on any atom is 0.397 e. The third-order valence-corrected chi connectivity index (χ3v) is 1.10. The van der Waals surface area contributed by atoms with Gasteiger partial charge in [0.2, 0.25) is 0 Å². The van der Waals surface area contributed by atoms with Gasteiger partial charge in [-0.1, -0.05) is 0 Å². The topological polar surface area (TPSA) is 9.23 Å². The Hall–Kier alpha value is -0.600. The second-order valence-corrected chi connectivity index (χ2v) is 2.71. The summed E-state index contributed by atoms with van der Waals surface area (Å²) >= 11 is 0. The summed E-state index contributed by atoms with van der Waals surface area (Å²) < 4.78 is 97.1. The van der Waals surface area contributed by atoms with Crippen molar-refractivity contribution in [3.63, 3.8) is 0 Å². The molecule has 0 heterocycles. The van der Waals surface area contributed by atoms with Crippen LogP contribution in [-0.2, 0) is 4.74 Å². The molecule has 0 bridgehead atoms.